The van der Waals surface area contributed by atoms with E-state index >= 15 is 0 Å². The molecule has 4 heteroatoms. The molecule has 1 aromatic carbocycles. The largest absolute Gasteiger partial charge is 0.378 e. The maximum Gasteiger partial charge on any atom is 0.140 e. The van der Waals surface area contributed by atoms with Crippen molar-refractivity contribution in [3.8, 4) is 22.6 Å². The normalized spacial score (nSPS) is 11.3. The molecular weight excluding hydrogens is 322 g/mol. The summed E-state index contributed by atoms with van der Waals surface area (Å²) in [4.78, 5) is 6.78. The van der Waals surface area contributed by atoms with Gasteiger partial charge in [0.1, 0.15) is 13.7 Å². The van der Waals surface area contributed by atoms with Crippen LogP contribution in [0.4, 0.5) is 5.69 Å². The van der Waals surface area contributed by atoms with Gasteiger partial charge in [0, 0.05) is 50.2 Å². The summed E-state index contributed by atoms with van der Waals surface area (Å²) in [5.41, 5.74) is 9.01. The minimum absolute atomic E-state index is 0.980. The highest BCUT2D eigenvalue weighted by Crippen LogP contribution is 2.27. The van der Waals surface area contributed by atoms with Crippen LogP contribution in [0.5, 0.6) is 0 Å². The lowest BCUT2D eigenvalue weighted by molar-refractivity contribution is 0.947. The number of hydrogen-bond donors (Lipinski definition) is 0. The second-order valence-electron chi connectivity index (χ2n) is 7.69. The zero-order valence-electron chi connectivity index (χ0n) is 15.9. The standard InChI is InChI=1S/C21H25N3Si/c1-23(2)19-9-7-16(8-10-19)18-13-20-17(11-12-25(4,5)6)15-24(3)21(20)22-14-18/h7-10,13-15H,1-6H3. The van der Waals surface area contributed by atoms with Crippen molar-refractivity contribution in [2.75, 3.05) is 19.0 Å². The van der Waals surface area contributed by atoms with Gasteiger partial charge in [0.25, 0.3) is 0 Å². The number of fused-ring (bicyclic) bond motifs is 1. The third-order valence-corrected chi connectivity index (χ3v) is 4.98. The molecule has 0 N–H and O–H groups in total. The number of pyridine rings is 1. The Kier molecular flexibility index (Phi) is 4.44. The lowest BCUT2D eigenvalue weighted by atomic mass is 10.1. The third kappa shape index (κ3) is 3.78. The fourth-order valence-electron chi connectivity index (χ4n) is 2.73. The topological polar surface area (TPSA) is 21.1 Å². The van der Waals surface area contributed by atoms with Crippen LogP contribution >= 0.6 is 0 Å². The van der Waals surface area contributed by atoms with Gasteiger partial charge in [0.05, 0.1) is 5.56 Å². The predicted molar refractivity (Wildman–Crippen MR) is 111 cm³/mol. The molecule has 0 aliphatic rings. The maximum absolute atomic E-state index is 4.68. The first-order valence-corrected chi connectivity index (χ1v) is 12.0. The molecule has 25 heavy (non-hydrogen) atoms. The van der Waals surface area contributed by atoms with Gasteiger partial charge in [-0.1, -0.05) is 37.7 Å². The highest BCUT2D eigenvalue weighted by atomic mass is 28.3. The monoisotopic (exact) mass is 347 g/mol. The summed E-state index contributed by atoms with van der Waals surface area (Å²) in [6, 6.07) is 10.8. The van der Waals surface area contributed by atoms with Crippen molar-refractivity contribution >= 4 is 24.8 Å². The van der Waals surface area contributed by atoms with E-state index in [0.717, 1.165) is 22.2 Å². The van der Waals surface area contributed by atoms with Crippen LogP contribution in [0.3, 0.4) is 0 Å². The van der Waals surface area contributed by atoms with E-state index in [1.165, 1.54) is 11.3 Å². The first-order valence-electron chi connectivity index (χ1n) is 8.50. The molecule has 2 heterocycles. The van der Waals surface area contributed by atoms with Crippen LogP contribution in [-0.4, -0.2) is 31.7 Å². The summed E-state index contributed by atoms with van der Waals surface area (Å²) in [5.74, 6) is 3.40. The molecule has 0 radical (unpaired) electrons. The Labute approximate surface area is 151 Å². The molecular formula is C21H25N3Si. The van der Waals surface area contributed by atoms with Crippen molar-refractivity contribution < 1.29 is 0 Å². The molecule has 3 aromatic rings. The van der Waals surface area contributed by atoms with E-state index in [2.05, 4.69) is 96.2 Å². The van der Waals surface area contributed by atoms with E-state index in [1.54, 1.807) is 0 Å². The van der Waals surface area contributed by atoms with E-state index in [0.29, 0.717) is 0 Å². The van der Waals surface area contributed by atoms with E-state index in [9.17, 15) is 0 Å². The number of aryl methyl sites for hydroxylation is 1. The Bertz CT molecular complexity index is 965. The van der Waals surface area contributed by atoms with Gasteiger partial charge in [-0.2, -0.15) is 0 Å². The van der Waals surface area contributed by atoms with Gasteiger partial charge >= 0.3 is 0 Å². The average molecular weight is 348 g/mol. The average Bonchev–Trinajstić information content (AvgIpc) is 2.88. The van der Waals surface area contributed by atoms with Crippen LogP contribution in [-0.2, 0) is 7.05 Å². The van der Waals surface area contributed by atoms with Crippen LogP contribution in [0.2, 0.25) is 19.6 Å². The van der Waals surface area contributed by atoms with Crippen LogP contribution in [0.15, 0.2) is 42.7 Å². The molecule has 2 aromatic heterocycles. The van der Waals surface area contributed by atoms with Gasteiger partial charge in [-0.15, -0.1) is 5.54 Å². The van der Waals surface area contributed by atoms with Crippen molar-refractivity contribution in [3.63, 3.8) is 0 Å². The minimum Gasteiger partial charge on any atom is -0.378 e. The molecule has 0 atom stereocenters. The number of benzene rings is 1. The fourth-order valence-corrected chi connectivity index (χ4v) is 3.24. The molecule has 0 fully saturated rings. The quantitative estimate of drug-likeness (QED) is 0.501. The van der Waals surface area contributed by atoms with Crippen LogP contribution in [0.25, 0.3) is 22.2 Å². The van der Waals surface area contributed by atoms with E-state index < -0.39 is 8.07 Å². The van der Waals surface area contributed by atoms with Gasteiger partial charge in [0.15, 0.2) is 0 Å². The number of hydrogen-bond acceptors (Lipinski definition) is 2. The zero-order valence-corrected chi connectivity index (χ0v) is 16.9. The molecule has 0 saturated heterocycles. The van der Waals surface area contributed by atoms with Crippen LogP contribution in [0.1, 0.15) is 5.56 Å². The van der Waals surface area contributed by atoms with Crippen molar-refractivity contribution in [1.29, 1.82) is 0 Å². The highest BCUT2D eigenvalue weighted by molar-refractivity contribution is 6.83. The van der Waals surface area contributed by atoms with Gasteiger partial charge < -0.3 is 9.47 Å². The molecule has 0 saturated carbocycles. The summed E-state index contributed by atoms with van der Waals surface area (Å²) in [5, 5.41) is 1.13. The first kappa shape index (κ1) is 17.3. The molecule has 0 spiro atoms. The van der Waals surface area contributed by atoms with Crippen LogP contribution in [0, 0.1) is 11.5 Å². The molecule has 0 bridgehead atoms. The Balaban J connectivity index is 2.08. The van der Waals surface area contributed by atoms with Crippen molar-refractivity contribution in [2.24, 2.45) is 7.05 Å². The molecule has 0 amide bonds. The summed E-state index contributed by atoms with van der Waals surface area (Å²) in [7, 11) is 4.72. The summed E-state index contributed by atoms with van der Waals surface area (Å²) >= 11 is 0. The zero-order chi connectivity index (χ0) is 18.2. The van der Waals surface area contributed by atoms with Crippen LogP contribution < -0.4 is 4.90 Å². The lowest BCUT2D eigenvalue weighted by Crippen LogP contribution is -2.16. The van der Waals surface area contributed by atoms with Gasteiger partial charge in [-0.05, 0) is 23.8 Å². The molecule has 3 rings (SSSR count). The second kappa shape index (κ2) is 6.42. The predicted octanol–water partition coefficient (Wildman–Crippen LogP) is 4.54. The van der Waals surface area contributed by atoms with E-state index in [4.69, 9.17) is 0 Å². The molecule has 128 valence electrons. The maximum atomic E-state index is 4.68. The Morgan fingerprint density at radius 3 is 2.32 bits per heavy atom. The molecule has 0 aliphatic carbocycles. The summed E-state index contributed by atoms with van der Waals surface area (Å²) in [6.45, 7) is 6.79. The second-order valence-corrected chi connectivity index (χ2v) is 12.4. The van der Waals surface area contributed by atoms with Crippen molar-refractivity contribution in [2.45, 2.75) is 19.6 Å². The van der Waals surface area contributed by atoms with Crippen molar-refractivity contribution in [1.82, 2.24) is 9.55 Å². The Hall–Kier alpha value is -2.51. The highest BCUT2D eigenvalue weighted by Gasteiger charge is 2.11. The number of anilines is 1. The van der Waals surface area contributed by atoms with E-state index in [-0.39, 0.29) is 0 Å². The van der Waals surface area contributed by atoms with Gasteiger partial charge in [0.2, 0.25) is 0 Å². The molecule has 0 aliphatic heterocycles. The van der Waals surface area contributed by atoms with Crippen molar-refractivity contribution in [3.05, 3.63) is 48.3 Å². The fraction of sp³-hybridized carbons (Fsp3) is 0.286. The SMILES string of the molecule is CN(C)c1ccc(-c2cnc3c(c2)c(C#C[Si](C)(C)C)cn3C)cc1. The number of nitrogens with zero attached hydrogens (tertiary/aromatic N) is 3. The third-order valence-electron chi connectivity index (χ3n) is 4.10. The van der Waals surface area contributed by atoms with E-state index in [1.807, 2.05) is 13.2 Å². The number of rotatable bonds is 2. The molecule has 0 unspecified atom stereocenters. The Morgan fingerprint density at radius 2 is 1.72 bits per heavy atom. The summed E-state index contributed by atoms with van der Waals surface area (Å²) < 4.78 is 2.06. The van der Waals surface area contributed by atoms with Gasteiger partial charge in [-0.25, -0.2) is 4.98 Å². The lowest BCUT2D eigenvalue weighted by Gasteiger charge is -2.12. The van der Waals surface area contributed by atoms with Gasteiger partial charge in [-0.3, -0.25) is 0 Å². The minimum atomic E-state index is -1.41. The first-order chi connectivity index (χ1) is 11.7. The summed E-state index contributed by atoms with van der Waals surface area (Å²) in [6.07, 6.45) is 4.03. The number of aromatic nitrogens is 2. The Morgan fingerprint density at radius 1 is 1.04 bits per heavy atom. The molecule has 3 nitrogen and oxygen atoms in total. The smallest absolute Gasteiger partial charge is 0.140 e.